The molecule has 0 aliphatic carbocycles. The number of carbonyl (C=O) groups excluding carboxylic acids is 1. The van der Waals surface area contributed by atoms with Crippen LogP contribution in [0.15, 0.2) is 0 Å². The molecule has 2 saturated heterocycles. The van der Waals surface area contributed by atoms with E-state index in [4.69, 9.17) is 0 Å². The Bertz CT molecular complexity index is 380. The molecule has 2 rings (SSSR count). The summed E-state index contributed by atoms with van der Waals surface area (Å²) in [7, 11) is -2.94. The molecule has 2 aliphatic rings. The van der Waals surface area contributed by atoms with E-state index in [1.54, 1.807) is 4.90 Å². The van der Waals surface area contributed by atoms with Crippen molar-refractivity contribution in [1.82, 2.24) is 10.2 Å². The number of rotatable bonds is 2. The largest absolute Gasteiger partial charge is 0.339 e. The lowest BCUT2D eigenvalue weighted by atomic mass is 10.2. The van der Waals surface area contributed by atoms with Gasteiger partial charge in [-0.3, -0.25) is 4.79 Å². The van der Waals surface area contributed by atoms with Gasteiger partial charge in [-0.2, -0.15) is 0 Å². The third-order valence-electron chi connectivity index (χ3n) is 3.40. The fourth-order valence-corrected chi connectivity index (χ4v) is 4.21. The second kappa shape index (κ2) is 4.33. The zero-order chi connectivity index (χ0) is 11.8. The van der Waals surface area contributed by atoms with Gasteiger partial charge in [-0.15, -0.1) is 0 Å². The van der Waals surface area contributed by atoms with E-state index in [-0.39, 0.29) is 23.0 Å². The van der Waals surface area contributed by atoms with Crippen molar-refractivity contribution in [1.29, 1.82) is 0 Å². The van der Waals surface area contributed by atoms with Gasteiger partial charge in [0.2, 0.25) is 5.91 Å². The summed E-state index contributed by atoms with van der Waals surface area (Å²) < 4.78 is 23.3. The van der Waals surface area contributed by atoms with E-state index in [1.165, 1.54) is 0 Å². The molecule has 16 heavy (non-hydrogen) atoms. The maximum Gasteiger partial charge on any atom is 0.239 e. The summed E-state index contributed by atoms with van der Waals surface area (Å²) in [5.41, 5.74) is 0. The van der Waals surface area contributed by atoms with Crippen LogP contribution in [-0.2, 0) is 14.6 Å². The molecule has 0 radical (unpaired) electrons. The van der Waals surface area contributed by atoms with Crippen molar-refractivity contribution in [2.24, 2.45) is 0 Å². The quantitative estimate of drug-likeness (QED) is 0.705. The number of amides is 1. The molecule has 2 heterocycles. The molecule has 6 heteroatoms. The molecule has 2 unspecified atom stereocenters. The van der Waals surface area contributed by atoms with Crippen LogP contribution in [0.4, 0.5) is 0 Å². The van der Waals surface area contributed by atoms with Crippen LogP contribution in [0.1, 0.15) is 19.8 Å². The molecule has 0 bridgehead atoms. The van der Waals surface area contributed by atoms with Crippen molar-refractivity contribution >= 4 is 15.7 Å². The number of piperazine rings is 1. The molecule has 2 aliphatic heterocycles. The van der Waals surface area contributed by atoms with E-state index in [0.717, 1.165) is 13.0 Å². The number of hydrogen-bond donors (Lipinski definition) is 1. The van der Waals surface area contributed by atoms with Gasteiger partial charge in [0.05, 0.1) is 17.0 Å². The maximum absolute atomic E-state index is 11.8. The third kappa shape index (κ3) is 2.22. The van der Waals surface area contributed by atoms with Crippen molar-refractivity contribution < 1.29 is 13.2 Å². The second-order valence-corrected chi connectivity index (χ2v) is 6.99. The van der Waals surface area contributed by atoms with Gasteiger partial charge in [0.1, 0.15) is 0 Å². The van der Waals surface area contributed by atoms with Gasteiger partial charge in [-0.1, -0.05) is 0 Å². The summed E-state index contributed by atoms with van der Waals surface area (Å²) in [6.07, 6.45) is 1.44. The average Bonchev–Trinajstić information content (AvgIpc) is 2.54. The molecular formula is C10H18N2O3S. The number of carbonyl (C=O) groups is 1. The minimum absolute atomic E-state index is 0.0216. The van der Waals surface area contributed by atoms with E-state index in [9.17, 15) is 13.2 Å². The highest BCUT2D eigenvalue weighted by Gasteiger charge is 2.35. The fraction of sp³-hybridized carbons (Fsp3) is 0.900. The number of nitrogens with one attached hydrogen (secondary N) is 1. The van der Waals surface area contributed by atoms with Crippen LogP contribution < -0.4 is 5.32 Å². The smallest absolute Gasteiger partial charge is 0.239 e. The van der Waals surface area contributed by atoms with Crippen LogP contribution in [-0.4, -0.2) is 55.9 Å². The molecular weight excluding hydrogens is 228 g/mol. The average molecular weight is 246 g/mol. The molecule has 0 saturated carbocycles. The first-order valence-corrected chi connectivity index (χ1v) is 7.46. The van der Waals surface area contributed by atoms with E-state index in [2.05, 4.69) is 5.32 Å². The molecule has 0 aromatic rings. The van der Waals surface area contributed by atoms with Crippen LogP contribution >= 0.6 is 0 Å². The molecule has 5 nitrogen and oxygen atoms in total. The first kappa shape index (κ1) is 11.9. The Morgan fingerprint density at radius 1 is 1.50 bits per heavy atom. The predicted molar refractivity (Wildman–Crippen MR) is 60.9 cm³/mol. The molecule has 0 aromatic heterocycles. The highest BCUT2D eigenvalue weighted by Crippen LogP contribution is 2.21. The summed E-state index contributed by atoms with van der Waals surface area (Å²) in [5, 5.41) is 2.73. The SMILES string of the molecule is CC1NCCN(CC2CCCS2(=O)=O)C1=O. The highest BCUT2D eigenvalue weighted by molar-refractivity contribution is 7.92. The Morgan fingerprint density at radius 3 is 2.88 bits per heavy atom. The molecule has 1 N–H and O–H groups in total. The molecule has 92 valence electrons. The van der Waals surface area contributed by atoms with Gasteiger partial charge in [0.25, 0.3) is 0 Å². The topological polar surface area (TPSA) is 66.5 Å². The van der Waals surface area contributed by atoms with Crippen LogP contribution in [0.2, 0.25) is 0 Å². The standard InChI is InChI=1S/C10H18N2O3S/c1-8-10(13)12(5-4-11-8)7-9-3-2-6-16(9,14)15/h8-9,11H,2-7H2,1H3. The van der Waals surface area contributed by atoms with E-state index in [0.29, 0.717) is 19.5 Å². The first-order valence-electron chi connectivity index (χ1n) is 5.74. The Balaban J connectivity index is 2.02. The summed E-state index contributed by atoms with van der Waals surface area (Å²) >= 11 is 0. The molecule has 1 amide bonds. The van der Waals surface area contributed by atoms with E-state index in [1.807, 2.05) is 6.92 Å². The summed E-state index contributed by atoms with van der Waals surface area (Å²) in [5.74, 6) is 0.307. The predicted octanol–water partition coefficient (Wildman–Crippen LogP) is -0.616. The van der Waals surface area contributed by atoms with Crippen molar-refractivity contribution in [3.8, 4) is 0 Å². The Hall–Kier alpha value is -0.620. The van der Waals surface area contributed by atoms with Crippen LogP contribution in [0, 0.1) is 0 Å². The Kier molecular flexibility index (Phi) is 3.21. The lowest BCUT2D eigenvalue weighted by Gasteiger charge is -2.32. The molecule has 0 spiro atoms. The Morgan fingerprint density at radius 2 is 2.25 bits per heavy atom. The van der Waals surface area contributed by atoms with E-state index < -0.39 is 9.84 Å². The Labute approximate surface area is 96.1 Å². The first-order chi connectivity index (χ1) is 7.50. The van der Waals surface area contributed by atoms with Gasteiger partial charge in [0, 0.05) is 19.6 Å². The number of hydrogen-bond acceptors (Lipinski definition) is 4. The third-order valence-corrected chi connectivity index (χ3v) is 5.66. The lowest BCUT2D eigenvalue weighted by molar-refractivity contribution is -0.135. The molecule has 0 aromatic carbocycles. The fourth-order valence-electron chi connectivity index (χ4n) is 2.38. The highest BCUT2D eigenvalue weighted by atomic mass is 32.2. The zero-order valence-electron chi connectivity index (χ0n) is 9.48. The number of sulfone groups is 1. The van der Waals surface area contributed by atoms with Crippen molar-refractivity contribution in [3.05, 3.63) is 0 Å². The van der Waals surface area contributed by atoms with Gasteiger partial charge < -0.3 is 10.2 Å². The second-order valence-electron chi connectivity index (χ2n) is 4.59. The van der Waals surface area contributed by atoms with Crippen LogP contribution in [0.5, 0.6) is 0 Å². The van der Waals surface area contributed by atoms with Crippen LogP contribution in [0.3, 0.4) is 0 Å². The minimum Gasteiger partial charge on any atom is -0.339 e. The van der Waals surface area contributed by atoms with E-state index >= 15 is 0 Å². The van der Waals surface area contributed by atoms with Crippen molar-refractivity contribution in [2.45, 2.75) is 31.1 Å². The normalized spacial score (nSPS) is 34.3. The summed E-state index contributed by atoms with van der Waals surface area (Å²) in [4.78, 5) is 13.5. The van der Waals surface area contributed by atoms with Gasteiger partial charge in [0.15, 0.2) is 9.84 Å². The monoisotopic (exact) mass is 246 g/mol. The molecule has 2 atom stereocenters. The van der Waals surface area contributed by atoms with Crippen LogP contribution in [0.25, 0.3) is 0 Å². The van der Waals surface area contributed by atoms with Crippen molar-refractivity contribution in [3.63, 3.8) is 0 Å². The maximum atomic E-state index is 11.8. The lowest BCUT2D eigenvalue weighted by Crippen LogP contribution is -2.55. The van der Waals surface area contributed by atoms with Gasteiger partial charge in [-0.05, 0) is 19.8 Å². The molecule has 2 fully saturated rings. The van der Waals surface area contributed by atoms with Gasteiger partial charge in [-0.25, -0.2) is 8.42 Å². The van der Waals surface area contributed by atoms with Gasteiger partial charge >= 0.3 is 0 Å². The summed E-state index contributed by atoms with van der Waals surface area (Å²) in [6.45, 7) is 3.57. The minimum atomic E-state index is -2.94. The number of nitrogens with zero attached hydrogens (tertiary/aromatic N) is 1. The summed E-state index contributed by atoms with van der Waals surface area (Å²) in [6, 6.07) is -0.183. The zero-order valence-corrected chi connectivity index (χ0v) is 10.3. The van der Waals surface area contributed by atoms with Crippen molar-refractivity contribution in [2.75, 3.05) is 25.4 Å².